The number of aryl methyl sites for hydroxylation is 1. The van der Waals surface area contributed by atoms with Crippen molar-refractivity contribution in [3.63, 3.8) is 0 Å². The molecule has 6 nitrogen and oxygen atoms in total. The van der Waals surface area contributed by atoms with Crippen LogP contribution in [0.25, 0.3) is 0 Å². The van der Waals surface area contributed by atoms with Gasteiger partial charge in [0, 0.05) is 15.9 Å². The first-order valence-corrected chi connectivity index (χ1v) is 7.52. The van der Waals surface area contributed by atoms with Crippen molar-refractivity contribution in [1.82, 2.24) is 15.7 Å². The molecule has 0 atom stereocenters. The minimum atomic E-state index is -0.898. The molecule has 126 valence electrons. The van der Waals surface area contributed by atoms with Gasteiger partial charge in [-0.1, -0.05) is 26.2 Å². The van der Waals surface area contributed by atoms with Crippen molar-refractivity contribution >= 4 is 25.0 Å². The van der Waals surface area contributed by atoms with Gasteiger partial charge in [-0.15, -0.1) is 5.46 Å². The smallest absolute Gasteiger partial charge is 0.707 e. The third-order valence-electron chi connectivity index (χ3n) is 3.57. The Kier molecular flexibility index (Phi) is 8.96. The van der Waals surface area contributed by atoms with Gasteiger partial charge in [-0.25, -0.2) is 9.80 Å². The third-order valence-corrected chi connectivity index (χ3v) is 3.57. The second kappa shape index (κ2) is 10.4. The maximum absolute atomic E-state index is 12.1. The molecule has 0 radical (unpaired) electrons. The van der Waals surface area contributed by atoms with E-state index in [1.165, 1.54) is 19.3 Å². The summed E-state index contributed by atoms with van der Waals surface area (Å²) < 4.78 is 4.83. The van der Waals surface area contributed by atoms with Crippen LogP contribution in [0.15, 0.2) is 18.2 Å². The van der Waals surface area contributed by atoms with Crippen LogP contribution >= 0.6 is 0 Å². The van der Waals surface area contributed by atoms with Crippen molar-refractivity contribution in [2.75, 3.05) is 13.1 Å². The predicted molar refractivity (Wildman–Crippen MR) is 88.1 cm³/mol. The van der Waals surface area contributed by atoms with E-state index in [9.17, 15) is 9.59 Å². The molecule has 2 rings (SSSR count). The molecule has 2 amide bonds. The predicted octanol–water partition coefficient (Wildman–Crippen LogP) is 1.15. The molecule has 8 heteroatoms. The van der Waals surface area contributed by atoms with E-state index < -0.39 is 13.1 Å². The second-order valence-electron chi connectivity index (χ2n) is 5.39. The van der Waals surface area contributed by atoms with E-state index in [1.807, 2.05) is 18.0 Å². The Balaban J connectivity index is 0. The molecular formula is C15H24BN3O3W. The van der Waals surface area contributed by atoms with Crippen molar-refractivity contribution in [3.05, 3.63) is 29.8 Å². The van der Waals surface area contributed by atoms with Gasteiger partial charge < -0.3 is 14.7 Å². The molecule has 1 aromatic carbocycles. The van der Waals surface area contributed by atoms with E-state index in [1.54, 1.807) is 12.1 Å². The molecular weight excluding hydrogens is 465 g/mol. The summed E-state index contributed by atoms with van der Waals surface area (Å²) in [6.45, 7) is 4.96. The first-order chi connectivity index (χ1) is 10.7. The molecule has 0 spiro atoms. The Bertz CT molecular complexity index is 503. The minimum Gasteiger partial charge on any atom is -0.707 e. The number of hydrazine groups is 1. The monoisotopic (exact) mass is 489 g/mol. The molecule has 1 heterocycles. The molecule has 1 aliphatic heterocycles. The zero-order valence-corrected chi connectivity index (χ0v) is 16.1. The van der Waals surface area contributed by atoms with Gasteiger partial charge in [0.05, 0.1) is 0 Å². The van der Waals surface area contributed by atoms with Crippen LogP contribution in [-0.2, 0) is 30.5 Å². The zero-order chi connectivity index (χ0) is 15.8. The number of carbonyl (C=O) groups excluding carboxylic acids is 2. The summed E-state index contributed by atoms with van der Waals surface area (Å²) in [6, 6.07) is 7.96. The molecule has 1 fully saturated rings. The third kappa shape index (κ3) is 6.75. The summed E-state index contributed by atoms with van der Waals surface area (Å²) in [7, 11) is -0.898. The number of amides is 2. The van der Waals surface area contributed by atoms with Crippen molar-refractivity contribution in [2.45, 2.75) is 32.6 Å². The van der Waals surface area contributed by atoms with Crippen molar-refractivity contribution in [2.24, 2.45) is 0 Å². The Morgan fingerprint density at radius 3 is 2.61 bits per heavy atom. The van der Waals surface area contributed by atoms with Crippen molar-refractivity contribution < 1.29 is 38.2 Å². The van der Waals surface area contributed by atoms with Gasteiger partial charge in [-0.3, -0.25) is 5.43 Å². The van der Waals surface area contributed by atoms with Gasteiger partial charge in [-0.05, 0) is 12.8 Å². The van der Waals surface area contributed by atoms with Gasteiger partial charge in [0.1, 0.15) is 0 Å². The maximum Gasteiger partial charge on any atom is 2.00 e. The fourth-order valence-electron chi connectivity index (χ4n) is 2.37. The standard InChI is InChI=1S/C15H20BN3O3.W.2H2/c1-13-6-8-14(9-7-13)16(22-12-20)17-15(21)18-19-10-4-2-3-5-11-19;;;/h6-8H,2-5,10-11H2,1H3,(H2,17,18,21);;2*1H/q-2;+2;;. The maximum atomic E-state index is 12.1. The number of hydrogen-bond donors (Lipinski definition) is 2. The largest absolute Gasteiger partial charge is 2.00 e. The van der Waals surface area contributed by atoms with Gasteiger partial charge in [0.15, 0.2) is 0 Å². The average Bonchev–Trinajstić information content (AvgIpc) is 2.76. The average molecular weight is 489 g/mol. The number of nitrogens with zero attached hydrogens (tertiary/aromatic N) is 1. The number of benzene rings is 1. The van der Waals surface area contributed by atoms with Crippen molar-refractivity contribution in [1.29, 1.82) is 0 Å². The van der Waals surface area contributed by atoms with Gasteiger partial charge in [0.2, 0.25) is 0 Å². The normalized spacial score (nSPS) is 14.8. The van der Waals surface area contributed by atoms with E-state index in [-0.39, 0.29) is 23.9 Å². The van der Waals surface area contributed by atoms with Gasteiger partial charge in [-0.2, -0.15) is 29.8 Å². The Morgan fingerprint density at radius 1 is 1.35 bits per heavy atom. The zero-order valence-electron chi connectivity index (χ0n) is 13.1. The number of rotatable bonds is 5. The molecule has 0 aromatic heterocycles. The first kappa shape index (κ1) is 19.7. The molecule has 0 bridgehead atoms. The molecule has 1 saturated heterocycles. The Morgan fingerprint density at radius 2 is 2.04 bits per heavy atom. The number of carbonyl (C=O) groups is 1. The summed E-state index contributed by atoms with van der Waals surface area (Å²) in [4.78, 5) is 22.6. The van der Waals surface area contributed by atoms with Crippen LogP contribution in [0.5, 0.6) is 0 Å². The van der Waals surface area contributed by atoms with E-state index in [0.29, 0.717) is 5.46 Å². The van der Waals surface area contributed by atoms with E-state index in [2.05, 4.69) is 16.7 Å². The van der Waals surface area contributed by atoms with E-state index in [0.717, 1.165) is 31.5 Å². The van der Waals surface area contributed by atoms with Gasteiger partial charge in [0.25, 0.3) is 0 Å². The van der Waals surface area contributed by atoms with Crippen LogP contribution in [0.3, 0.4) is 0 Å². The summed E-state index contributed by atoms with van der Waals surface area (Å²) >= 11 is 0. The minimum absolute atomic E-state index is 0. The topological polar surface area (TPSA) is 70.7 Å². The molecule has 1 aliphatic rings. The molecule has 0 saturated carbocycles. The molecule has 23 heavy (non-hydrogen) atoms. The SMILES string of the molecule is Cc1c[c-]c(B(NC(=O)NN2CCCCCC2)O[C-]=O)cc1.[HH].[HH].[W+2]. The fourth-order valence-corrected chi connectivity index (χ4v) is 2.37. The summed E-state index contributed by atoms with van der Waals surface area (Å²) in [5, 5.41) is 4.51. The van der Waals surface area contributed by atoms with E-state index in [4.69, 9.17) is 4.65 Å². The Hall–Kier alpha value is -1.33. The van der Waals surface area contributed by atoms with Crippen LogP contribution in [-0.4, -0.2) is 37.7 Å². The quantitative estimate of drug-likeness (QED) is 0.482. The number of hydrogen-bond acceptors (Lipinski definition) is 4. The fraction of sp³-hybridized carbons (Fsp3) is 0.467. The number of urea groups is 1. The second-order valence-corrected chi connectivity index (χ2v) is 5.39. The van der Waals surface area contributed by atoms with Crippen LogP contribution in [0.2, 0.25) is 0 Å². The molecule has 0 aliphatic carbocycles. The van der Waals surface area contributed by atoms with Crippen LogP contribution in [0.4, 0.5) is 4.79 Å². The van der Waals surface area contributed by atoms with Crippen LogP contribution in [0, 0.1) is 13.0 Å². The van der Waals surface area contributed by atoms with Crippen LogP contribution < -0.4 is 16.1 Å². The number of nitrogens with one attached hydrogen (secondary N) is 2. The first-order valence-electron chi connectivity index (χ1n) is 7.52. The van der Waals surface area contributed by atoms with Crippen molar-refractivity contribution in [3.8, 4) is 0 Å². The summed E-state index contributed by atoms with van der Waals surface area (Å²) in [5.41, 5.74) is 4.39. The van der Waals surface area contributed by atoms with Crippen LogP contribution in [0.1, 0.15) is 34.1 Å². The molecule has 2 N–H and O–H groups in total. The molecule has 0 unspecified atom stereocenters. The Labute approximate surface area is 154 Å². The van der Waals surface area contributed by atoms with Gasteiger partial charge >= 0.3 is 34.1 Å². The summed E-state index contributed by atoms with van der Waals surface area (Å²) in [6.07, 6.45) is 4.50. The van der Waals surface area contributed by atoms with E-state index >= 15 is 0 Å². The molecule has 1 aromatic rings. The summed E-state index contributed by atoms with van der Waals surface area (Å²) in [5.74, 6) is 0.